The van der Waals surface area contributed by atoms with Crippen LogP contribution >= 0.6 is 0 Å². The molecule has 1 unspecified atom stereocenters. The number of amides is 1. The second-order valence-electron chi connectivity index (χ2n) is 7.75. The number of hydrogen-bond acceptors (Lipinski definition) is 5. The number of likely N-dealkylation sites (tertiary alicyclic amines) is 1. The van der Waals surface area contributed by atoms with Crippen molar-refractivity contribution in [2.45, 2.75) is 39.5 Å². The number of carbonyl (C=O) groups is 2. The lowest BCUT2D eigenvalue weighted by Gasteiger charge is -2.16. The van der Waals surface area contributed by atoms with Crippen molar-refractivity contribution in [1.82, 2.24) is 4.90 Å². The van der Waals surface area contributed by atoms with Gasteiger partial charge in [0.15, 0.2) is 0 Å². The second-order valence-corrected chi connectivity index (χ2v) is 7.75. The molecule has 0 aromatic heterocycles. The van der Waals surface area contributed by atoms with E-state index in [0.29, 0.717) is 13.0 Å². The van der Waals surface area contributed by atoms with Crippen LogP contribution in [0.25, 0.3) is 0 Å². The number of benzene rings is 2. The Morgan fingerprint density at radius 1 is 1.00 bits per heavy atom. The number of methoxy groups -OCH3 is 1. The molecule has 1 heterocycles. The molecule has 6 nitrogen and oxygen atoms in total. The van der Waals surface area contributed by atoms with Crippen LogP contribution < -0.4 is 10.1 Å². The number of hydrogen-bond donors (Lipinski definition) is 1. The summed E-state index contributed by atoms with van der Waals surface area (Å²) in [6.45, 7) is 7.81. The molecule has 1 aliphatic heterocycles. The zero-order valence-electron chi connectivity index (χ0n) is 19.5. The van der Waals surface area contributed by atoms with E-state index < -0.39 is 0 Å². The van der Waals surface area contributed by atoms with Crippen molar-refractivity contribution in [2.24, 2.45) is 5.92 Å². The zero-order valence-corrected chi connectivity index (χ0v) is 19.5. The van der Waals surface area contributed by atoms with Crippen LogP contribution in [0.5, 0.6) is 5.75 Å². The van der Waals surface area contributed by atoms with Crippen molar-refractivity contribution in [3.63, 3.8) is 0 Å². The summed E-state index contributed by atoms with van der Waals surface area (Å²) in [5, 5.41) is 2.85. The third-order valence-corrected chi connectivity index (χ3v) is 5.47. The summed E-state index contributed by atoms with van der Waals surface area (Å²) in [5.74, 6) is 0.922. The molecule has 174 valence electrons. The van der Waals surface area contributed by atoms with Crippen molar-refractivity contribution < 1.29 is 19.1 Å². The minimum absolute atomic E-state index is 0.00505. The molecule has 1 fully saturated rings. The first-order valence-electron chi connectivity index (χ1n) is 11.4. The van der Waals surface area contributed by atoms with Gasteiger partial charge in [0, 0.05) is 5.69 Å². The summed E-state index contributed by atoms with van der Waals surface area (Å²) in [7, 11) is 1.62. The monoisotopic (exact) mass is 440 g/mol. The summed E-state index contributed by atoms with van der Waals surface area (Å²) in [5.41, 5.74) is 1.78. The predicted octanol–water partition coefficient (Wildman–Crippen LogP) is 4.55. The first-order chi connectivity index (χ1) is 15.5. The van der Waals surface area contributed by atoms with Crippen LogP contribution in [0.4, 0.5) is 5.69 Å². The molecule has 3 rings (SSSR count). The Labute approximate surface area is 191 Å². The highest BCUT2D eigenvalue weighted by Crippen LogP contribution is 2.18. The number of anilines is 1. The fourth-order valence-corrected chi connectivity index (χ4v) is 3.62. The van der Waals surface area contributed by atoms with E-state index in [-0.39, 0.29) is 17.8 Å². The average Bonchev–Trinajstić information content (AvgIpc) is 3.07. The molecule has 6 heteroatoms. The Hall–Kier alpha value is -2.86. The zero-order chi connectivity index (χ0) is 23.2. The van der Waals surface area contributed by atoms with E-state index in [1.165, 1.54) is 0 Å². The number of ether oxygens (including phenoxy) is 2. The van der Waals surface area contributed by atoms with Gasteiger partial charge in [0.2, 0.25) is 5.91 Å². The van der Waals surface area contributed by atoms with Crippen molar-refractivity contribution in [1.29, 1.82) is 0 Å². The molecule has 0 aliphatic carbocycles. The lowest BCUT2D eigenvalue weighted by Crippen LogP contribution is -2.25. The van der Waals surface area contributed by atoms with Crippen LogP contribution in [0, 0.1) is 5.92 Å². The van der Waals surface area contributed by atoms with Gasteiger partial charge in [-0.25, -0.2) is 0 Å². The molecule has 1 aliphatic rings. The number of nitrogens with zero attached hydrogens (tertiary/aromatic N) is 1. The highest BCUT2D eigenvalue weighted by molar-refractivity contribution is 5.92. The van der Waals surface area contributed by atoms with E-state index in [9.17, 15) is 9.59 Å². The number of rotatable bonds is 7. The number of para-hydroxylation sites is 1. The largest absolute Gasteiger partial charge is 0.497 e. The van der Waals surface area contributed by atoms with Crippen molar-refractivity contribution in [3.05, 3.63) is 60.2 Å². The summed E-state index contributed by atoms with van der Waals surface area (Å²) < 4.78 is 10.1. The molecule has 2 aromatic carbocycles. The second kappa shape index (κ2) is 14.2. The van der Waals surface area contributed by atoms with Crippen molar-refractivity contribution >= 4 is 17.6 Å². The maximum Gasteiger partial charge on any atom is 0.308 e. The average molecular weight is 441 g/mol. The fraction of sp³-hybridized carbons (Fsp3) is 0.462. The molecule has 0 radical (unpaired) electrons. The minimum Gasteiger partial charge on any atom is -0.497 e. The highest BCUT2D eigenvalue weighted by Gasteiger charge is 2.23. The smallest absolute Gasteiger partial charge is 0.308 e. The van der Waals surface area contributed by atoms with Crippen molar-refractivity contribution in [2.75, 3.05) is 38.7 Å². The molecule has 1 N–H and O–H groups in total. The van der Waals surface area contributed by atoms with Gasteiger partial charge in [-0.05, 0) is 75.6 Å². The molecule has 0 spiro atoms. The van der Waals surface area contributed by atoms with Gasteiger partial charge in [0.1, 0.15) is 5.75 Å². The van der Waals surface area contributed by atoms with Crippen LogP contribution in [-0.2, 0) is 20.7 Å². The predicted molar refractivity (Wildman–Crippen MR) is 128 cm³/mol. The molecule has 0 bridgehead atoms. The van der Waals surface area contributed by atoms with Gasteiger partial charge in [-0.2, -0.15) is 0 Å². The SMILES string of the molecule is CCOC(=O)C1CCCN(CC)CC1.COc1ccc(CC(=O)Nc2ccccc2)cc1. The van der Waals surface area contributed by atoms with E-state index in [4.69, 9.17) is 9.47 Å². The Morgan fingerprint density at radius 2 is 1.72 bits per heavy atom. The standard InChI is InChI=1S/C15H15NO2.C11H21NO2/c1-18-14-9-7-12(8-10-14)11-15(17)16-13-5-3-2-4-6-13;1-3-12-8-5-6-10(7-9-12)11(13)14-4-2/h2-10H,11H2,1H3,(H,16,17);10H,3-9H2,1-2H3. The van der Waals surface area contributed by atoms with Crippen LogP contribution in [0.3, 0.4) is 0 Å². The van der Waals surface area contributed by atoms with Gasteiger partial charge >= 0.3 is 5.97 Å². The van der Waals surface area contributed by atoms with E-state index in [1.807, 2.05) is 61.5 Å². The van der Waals surface area contributed by atoms with Gasteiger partial charge in [0.25, 0.3) is 0 Å². The quantitative estimate of drug-likeness (QED) is 0.640. The first kappa shape index (κ1) is 25.4. The molecule has 1 atom stereocenters. The number of carbonyl (C=O) groups excluding carboxylic acids is 2. The summed E-state index contributed by atoms with van der Waals surface area (Å²) in [6, 6.07) is 16.9. The van der Waals surface area contributed by atoms with Gasteiger partial charge in [-0.3, -0.25) is 9.59 Å². The molecule has 1 saturated heterocycles. The first-order valence-corrected chi connectivity index (χ1v) is 11.4. The molecular weight excluding hydrogens is 404 g/mol. The van der Waals surface area contributed by atoms with E-state index in [2.05, 4.69) is 17.1 Å². The number of esters is 1. The van der Waals surface area contributed by atoms with Crippen molar-refractivity contribution in [3.8, 4) is 5.75 Å². The van der Waals surface area contributed by atoms with Gasteiger partial charge < -0.3 is 19.7 Å². The molecular formula is C26H36N2O4. The lowest BCUT2D eigenvalue weighted by atomic mass is 10.0. The Balaban J connectivity index is 0.000000235. The van der Waals surface area contributed by atoms with Gasteiger partial charge in [0.05, 0.1) is 26.1 Å². The Bertz CT molecular complexity index is 808. The Morgan fingerprint density at radius 3 is 2.34 bits per heavy atom. The fourth-order valence-electron chi connectivity index (χ4n) is 3.62. The Kier molecular flexibility index (Phi) is 11.3. The lowest BCUT2D eigenvalue weighted by molar-refractivity contribution is -0.148. The number of nitrogens with one attached hydrogen (secondary N) is 1. The van der Waals surface area contributed by atoms with Crippen LogP contribution in [0.2, 0.25) is 0 Å². The van der Waals surface area contributed by atoms with Crippen LogP contribution in [-0.4, -0.2) is 50.1 Å². The topological polar surface area (TPSA) is 67.9 Å². The minimum atomic E-state index is -0.0219. The summed E-state index contributed by atoms with van der Waals surface area (Å²) in [6.07, 6.45) is 3.44. The van der Waals surface area contributed by atoms with Gasteiger partial charge in [-0.15, -0.1) is 0 Å². The third-order valence-electron chi connectivity index (χ3n) is 5.47. The normalized spacial score (nSPS) is 16.2. The molecule has 32 heavy (non-hydrogen) atoms. The highest BCUT2D eigenvalue weighted by atomic mass is 16.5. The molecule has 2 aromatic rings. The van der Waals surface area contributed by atoms with E-state index in [0.717, 1.165) is 55.9 Å². The maximum atomic E-state index is 11.8. The maximum absolute atomic E-state index is 11.8. The third kappa shape index (κ3) is 9.10. The van der Waals surface area contributed by atoms with E-state index >= 15 is 0 Å². The van der Waals surface area contributed by atoms with Crippen LogP contribution in [0.1, 0.15) is 38.7 Å². The molecule has 0 saturated carbocycles. The molecule has 1 amide bonds. The van der Waals surface area contributed by atoms with Crippen LogP contribution in [0.15, 0.2) is 54.6 Å². The summed E-state index contributed by atoms with van der Waals surface area (Å²) >= 11 is 0. The van der Waals surface area contributed by atoms with Gasteiger partial charge in [-0.1, -0.05) is 37.3 Å². The van der Waals surface area contributed by atoms with E-state index in [1.54, 1.807) is 7.11 Å². The summed E-state index contributed by atoms with van der Waals surface area (Å²) in [4.78, 5) is 25.7.